The summed E-state index contributed by atoms with van der Waals surface area (Å²) in [5.74, 6) is 0.171. The summed E-state index contributed by atoms with van der Waals surface area (Å²) in [6.07, 6.45) is 4.13. The minimum Gasteiger partial charge on any atom is -0.335 e. The second kappa shape index (κ2) is 5.20. The predicted octanol–water partition coefficient (Wildman–Crippen LogP) is 0.185. The van der Waals surface area contributed by atoms with Gasteiger partial charge in [0.2, 0.25) is 11.8 Å². The second-order valence-corrected chi connectivity index (χ2v) is 5.36. The highest BCUT2D eigenvalue weighted by Crippen LogP contribution is 2.24. The lowest BCUT2D eigenvalue weighted by Crippen LogP contribution is -2.57. The van der Waals surface area contributed by atoms with Gasteiger partial charge < -0.3 is 10.2 Å². The standard InChI is InChI=1S/C14H18N4O2/c1-9-14(20)17-12(19)8-18(9)13-10(3-2-6-15-13)7-16-11-4-5-11/h2-3,6,9,11,16H,4-5,7-8H2,1H3,(H,17,19,20). The highest BCUT2D eigenvalue weighted by molar-refractivity contribution is 6.04. The Labute approximate surface area is 117 Å². The van der Waals surface area contributed by atoms with E-state index in [1.54, 1.807) is 18.0 Å². The lowest BCUT2D eigenvalue weighted by Gasteiger charge is -2.33. The van der Waals surface area contributed by atoms with Gasteiger partial charge in [-0.05, 0) is 25.8 Å². The fourth-order valence-corrected chi connectivity index (χ4v) is 2.34. The van der Waals surface area contributed by atoms with Gasteiger partial charge in [0, 0.05) is 24.3 Å². The van der Waals surface area contributed by atoms with Crippen molar-refractivity contribution in [2.75, 3.05) is 11.4 Å². The van der Waals surface area contributed by atoms with Crippen LogP contribution in [0.3, 0.4) is 0 Å². The van der Waals surface area contributed by atoms with Crippen molar-refractivity contribution in [3.63, 3.8) is 0 Å². The van der Waals surface area contributed by atoms with Crippen molar-refractivity contribution in [3.8, 4) is 0 Å². The molecule has 1 aromatic heterocycles. The Kier molecular flexibility index (Phi) is 3.40. The highest BCUT2D eigenvalue weighted by Gasteiger charge is 2.32. The van der Waals surface area contributed by atoms with E-state index in [1.807, 2.05) is 12.1 Å². The second-order valence-electron chi connectivity index (χ2n) is 5.36. The van der Waals surface area contributed by atoms with Crippen LogP contribution in [-0.2, 0) is 16.1 Å². The van der Waals surface area contributed by atoms with Crippen molar-refractivity contribution >= 4 is 17.6 Å². The van der Waals surface area contributed by atoms with Gasteiger partial charge in [0.05, 0.1) is 6.54 Å². The number of carbonyl (C=O) groups is 2. The Bertz CT molecular complexity index is 542. The summed E-state index contributed by atoms with van der Waals surface area (Å²) in [6.45, 7) is 2.67. The number of rotatable bonds is 4. The third kappa shape index (κ3) is 2.65. The molecule has 2 amide bonds. The molecule has 1 unspecified atom stereocenters. The number of aromatic nitrogens is 1. The van der Waals surface area contributed by atoms with E-state index in [0.29, 0.717) is 12.6 Å². The Balaban J connectivity index is 1.83. The van der Waals surface area contributed by atoms with E-state index in [9.17, 15) is 9.59 Å². The number of anilines is 1. The maximum Gasteiger partial charge on any atom is 0.249 e. The van der Waals surface area contributed by atoms with E-state index in [1.165, 1.54) is 12.8 Å². The molecule has 3 rings (SSSR count). The smallest absolute Gasteiger partial charge is 0.249 e. The minimum atomic E-state index is -0.387. The Morgan fingerprint density at radius 3 is 3.00 bits per heavy atom. The third-order valence-electron chi connectivity index (χ3n) is 3.72. The Hall–Kier alpha value is -1.95. The summed E-state index contributed by atoms with van der Waals surface area (Å²) < 4.78 is 0. The average Bonchev–Trinajstić information content (AvgIpc) is 3.25. The van der Waals surface area contributed by atoms with E-state index >= 15 is 0 Å². The first kappa shape index (κ1) is 13.1. The van der Waals surface area contributed by atoms with Crippen molar-refractivity contribution < 1.29 is 9.59 Å². The molecule has 0 spiro atoms. The van der Waals surface area contributed by atoms with E-state index in [-0.39, 0.29) is 24.4 Å². The summed E-state index contributed by atoms with van der Waals surface area (Å²) in [7, 11) is 0. The van der Waals surface area contributed by atoms with Gasteiger partial charge >= 0.3 is 0 Å². The number of imide groups is 1. The number of amides is 2. The van der Waals surface area contributed by atoms with Crippen LogP contribution < -0.4 is 15.5 Å². The van der Waals surface area contributed by atoms with Crippen molar-refractivity contribution in [2.24, 2.45) is 0 Å². The fourth-order valence-electron chi connectivity index (χ4n) is 2.34. The molecule has 2 fully saturated rings. The predicted molar refractivity (Wildman–Crippen MR) is 74.1 cm³/mol. The molecule has 1 atom stereocenters. The Morgan fingerprint density at radius 1 is 1.45 bits per heavy atom. The molecule has 0 radical (unpaired) electrons. The monoisotopic (exact) mass is 274 g/mol. The lowest BCUT2D eigenvalue weighted by atomic mass is 10.1. The van der Waals surface area contributed by atoms with Crippen molar-refractivity contribution in [1.29, 1.82) is 0 Å². The third-order valence-corrected chi connectivity index (χ3v) is 3.72. The van der Waals surface area contributed by atoms with Crippen molar-refractivity contribution in [2.45, 2.75) is 38.4 Å². The fraction of sp³-hybridized carbons (Fsp3) is 0.500. The van der Waals surface area contributed by atoms with Crippen LogP contribution in [0.2, 0.25) is 0 Å². The molecule has 1 saturated carbocycles. The van der Waals surface area contributed by atoms with Crippen LogP contribution in [0.5, 0.6) is 0 Å². The molecule has 2 aliphatic rings. The molecule has 2 heterocycles. The van der Waals surface area contributed by atoms with Gasteiger partial charge in [-0.2, -0.15) is 0 Å². The van der Waals surface area contributed by atoms with Gasteiger partial charge in [0.1, 0.15) is 11.9 Å². The maximum atomic E-state index is 11.8. The quantitative estimate of drug-likeness (QED) is 0.766. The number of nitrogens with zero attached hydrogens (tertiary/aromatic N) is 2. The summed E-state index contributed by atoms with van der Waals surface area (Å²) in [5, 5.41) is 5.78. The van der Waals surface area contributed by atoms with Crippen molar-refractivity contribution in [3.05, 3.63) is 23.9 Å². The zero-order chi connectivity index (χ0) is 14.1. The van der Waals surface area contributed by atoms with Gasteiger partial charge in [-0.1, -0.05) is 6.07 Å². The Morgan fingerprint density at radius 2 is 2.25 bits per heavy atom. The molecular weight excluding hydrogens is 256 g/mol. The number of pyridine rings is 1. The number of carbonyl (C=O) groups excluding carboxylic acids is 2. The first-order valence-corrected chi connectivity index (χ1v) is 6.93. The van der Waals surface area contributed by atoms with Gasteiger partial charge in [0.25, 0.3) is 0 Å². The molecule has 106 valence electrons. The molecular formula is C14H18N4O2. The zero-order valence-electron chi connectivity index (χ0n) is 11.4. The van der Waals surface area contributed by atoms with Crippen LogP contribution in [0.15, 0.2) is 18.3 Å². The molecule has 1 aliphatic heterocycles. The van der Waals surface area contributed by atoms with E-state index in [4.69, 9.17) is 0 Å². The summed E-state index contributed by atoms with van der Waals surface area (Å²) >= 11 is 0. The maximum absolute atomic E-state index is 11.8. The minimum absolute atomic E-state index is 0.167. The summed E-state index contributed by atoms with van der Waals surface area (Å²) in [4.78, 5) is 29.5. The number of hydrogen-bond acceptors (Lipinski definition) is 5. The molecule has 1 saturated heterocycles. The molecule has 2 N–H and O–H groups in total. The largest absolute Gasteiger partial charge is 0.335 e. The number of piperazine rings is 1. The number of nitrogens with one attached hydrogen (secondary N) is 2. The molecule has 6 heteroatoms. The van der Waals surface area contributed by atoms with E-state index in [2.05, 4.69) is 15.6 Å². The first-order chi connectivity index (χ1) is 9.65. The molecule has 20 heavy (non-hydrogen) atoms. The van der Waals surface area contributed by atoms with Gasteiger partial charge in [0.15, 0.2) is 0 Å². The van der Waals surface area contributed by atoms with Crippen LogP contribution >= 0.6 is 0 Å². The summed E-state index contributed by atoms with van der Waals surface area (Å²) in [5.41, 5.74) is 1.02. The molecule has 6 nitrogen and oxygen atoms in total. The molecule has 0 bridgehead atoms. The van der Waals surface area contributed by atoms with Gasteiger partial charge in [-0.15, -0.1) is 0 Å². The molecule has 0 aromatic carbocycles. The van der Waals surface area contributed by atoms with Crippen molar-refractivity contribution in [1.82, 2.24) is 15.6 Å². The number of hydrogen-bond donors (Lipinski definition) is 2. The van der Waals surface area contributed by atoms with E-state index < -0.39 is 0 Å². The van der Waals surface area contributed by atoms with Crippen LogP contribution in [0, 0.1) is 0 Å². The molecule has 1 aromatic rings. The molecule has 1 aliphatic carbocycles. The normalized spacial score (nSPS) is 22.9. The van der Waals surface area contributed by atoms with E-state index in [0.717, 1.165) is 11.4 Å². The van der Waals surface area contributed by atoms with Gasteiger partial charge in [-0.25, -0.2) is 4.98 Å². The summed E-state index contributed by atoms with van der Waals surface area (Å²) in [6, 6.07) is 4.08. The van der Waals surface area contributed by atoms with Crippen LogP contribution in [0.25, 0.3) is 0 Å². The van der Waals surface area contributed by atoms with Crippen LogP contribution in [-0.4, -0.2) is 35.4 Å². The SMILES string of the molecule is CC1C(=O)NC(=O)CN1c1ncccc1CNC1CC1. The lowest BCUT2D eigenvalue weighted by molar-refractivity contribution is -0.132. The topological polar surface area (TPSA) is 74.3 Å². The van der Waals surface area contributed by atoms with Crippen LogP contribution in [0.1, 0.15) is 25.3 Å². The van der Waals surface area contributed by atoms with Crippen LogP contribution in [0.4, 0.5) is 5.82 Å². The zero-order valence-corrected chi connectivity index (χ0v) is 11.4. The highest BCUT2D eigenvalue weighted by atomic mass is 16.2. The first-order valence-electron chi connectivity index (χ1n) is 6.93. The average molecular weight is 274 g/mol. The van der Waals surface area contributed by atoms with Gasteiger partial charge in [-0.3, -0.25) is 14.9 Å².